The number of nitrogens with one attached hydrogen (secondary N) is 1. The van der Waals surface area contributed by atoms with E-state index in [0.29, 0.717) is 5.69 Å². The number of carbonyl (C=O) groups excluding carboxylic acids is 1. The van der Waals surface area contributed by atoms with Gasteiger partial charge in [0.2, 0.25) is 5.95 Å². The van der Waals surface area contributed by atoms with E-state index in [4.69, 9.17) is 11.6 Å². The van der Waals surface area contributed by atoms with Crippen LogP contribution >= 0.6 is 11.6 Å². The highest BCUT2D eigenvalue weighted by Gasteiger charge is 2.38. The van der Waals surface area contributed by atoms with Crippen molar-refractivity contribution in [2.24, 2.45) is 12.1 Å². The normalized spacial score (nSPS) is 12.2. The molecule has 0 saturated heterocycles. The minimum atomic E-state index is -4.73. The minimum absolute atomic E-state index is 0.0118. The van der Waals surface area contributed by atoms with Crippen LogP contribution in [0.25, 0.3) is 0 Å². The molecule has 0 aliphatic carbocycles. The Bertz CT molecular complexity index is 839. The van der Waals surface area contributed by atoms with Gasteiger partial charge in [-0.1, -0.05) is 11.6 Å². The molecule has 0 radical (unpaired) electrons. The first-order valence-electron chi connectivity index (χ1n) is 6.83. The minimum Gasteiger partial charge on any atom is -0.271 e. The molecule has 0 aliphatic heterocycles. The van der Waals surface area contributed by atoms with Gasteiger partial charge in [-0.15, -0.1) is 0 Å². The fraction of sp³-hybridized carbons (Fsp3) is 0.385. The van der Waals surface area contributed by atoms with Gasteiger partial charge in [0, 0.05) is 7.05 Å². The average molecular weight is 381 g/mol. The Kier molecular flexibility index (Phi) is 5.16. The molecule has 0 aliphatic rings. The van der Waals surface area contributed by atoms with Crippen LogP contribution in [0.3, 0.4) is 0 Å². The van der Waals surface area contributed by atoms with Crippen LogP contribution in [0.2, 0.25) is 5.02 Å². The average Bonchev–Trinajstić information content (AvgIpc) is 2.91. The van der Waals surface area contributed by atoms with Crippen molar-refractivity contribution in [3.05, 3.63) is 33.6 Å². The molecule has 1 amide bonds. The van der Waals surface area contributed by atoms with Crippen molar-refractivity contribution in [1.82, 2.24) is 25.0 Å². The summed E-state index contributed by atoms with van der Waals surface area (Å²) in [6.07, 6.45) is -3.67. The van der Waals surface area contributed by atoms with E-state index in [1.807, 2.05) is 0 Å². The van der Waals surface area contributed by atoms with Crippen molar-refractivity contribution in [3.8, 4) is 0 Å². The standard InChI is InChI=1S/C13H13ClF4N6O/c1-6-8(12(15)23(3)21-6)4-19-20-9(25)5-24-7(2)10(14)11(22-24)13(16,17)18/h4H,5H2,1-3H3,(H,20,25). The molecule has 12 heteroatoms. The highest BCUT2D eigenvalue weighted by atomic mass is 35.5. The van der Waals surface area contributed by atoms with Crippen molar-refractivity contribution >= 4 is 23.7 Å². The lowest BCUT2D eigenvalue weighted by molar-refractivity contribution is -0.141. The van der Waals surface area contributed by atoms with Crippen molar-refractivity contribution in [2.75, 3.05) is 0 Å². The summed E-state index contributed by atoms with van der Waals surface area (Å²) >= 11 is 5.59. The zero-order chi connectivity index (χ0) is 18.9. The number of halogens is 5. The highest BCUT2D eigenvalue weighted by molar-refractivity contribution is 6.32. The predicted octanol–water partition coefficient (Wildman–Crippen LogP) is 2.20. The van der Waals surface area contributed by atoms with Crippen LogP contribution < -0.4 is 5.43 Å². The van der Waals surface area contributed by atoms with Gasteiger partial charge in [0.1, 0.15) is 6.54 Å². The lowest BCUT2D eigenvalue weighted by Gasteiger charge is -2.03. The molecule has 136 valence electrons. The molecule has 0 bridgehead atoms. The SMILES string of the molecule is Cc1nn(C)c(F)c1C=NNC(=O)Cn1nc(C(F)(F)F)c(Cl)c1C. The van der Waals surface area contributed by atoms with E-state index < -0.39 is 35.3 Å². The Morgan fingerprint density at radius 3 is 2.48 bits per heavy atom. The first-order valence-corrected chi connectivity index (χ1v) is 7.21. The summed E-state index contributed by atoms with van der Waals surface area (Å²) in [5.74, 6) is -1.39. The van der Waals surface area contributed by atoms with Gasteiger partial charge >= 0.3 is 6.18 Å². The second-order valence-corrected chi connectivity index (χ2v) is 5.49. The monoisotopic (exact) mass is 380 g/mol. The van der Waals surface area contributed by atoms with Gasteiger partial charge in [0.05, 0.1) is 28.2 Å². The number of alkyl halides is 3. The number of hydrogen-bond acceptors (Lipinski definition) is 4. The largest absolute Gasteiger partial charge is 0.436 e. The maximum atomic E-state index is 13.7. The Morgan fingerprint density at radius 2 is 2.00 bits per heavy atom. The van der Waals surface area contributed by atoms with Gasteiger partial charge in [-0.2, -0.15) is 32.9 Å². The Hall–Kier alpha value is -2.43. The summed E-state index contributed by atoms with van der Waals surface area (Å²) in [4.78, 5) is 11.8. The molecule has 25 heavy (non-hydrogen) atoms. The van der Waals surface area contributed by atoms with Crippen molar-refractivity contribution in [1.29, 1.82) is 0 Å². The molecule has 0 saturated carbocycles. The van der Waals surface area contributed by atoms with E-state index in [1.54, 1.807) is 6.92 Å². The summed E-state index contributed by atoms with van der Waals surface area (Å²) in [6, 6.07) is 0. The zero-order valence-electron chi connectivity index (χ0n) is 13.3. The zero-order valence-corrected chi connectivity index (χ0v) is 14.1. The highest BCUT2D eigenvalue weighted by Crippen LogP contribution is 2.35. The van der Waals surface area contributed by atoms with E-state index in [9.17, 15) is 22.4 Å². The molecule has 0 atom stereocenters. The van der Waals surface area contributed by atoms with Crippen LogP contribution in [0.5, 0.6) is 0 Å². The van der Waals surface area contributed by atoms with E-state index in [2.05, 4.69) is 20.7 Å². The summed E-state index contributed by atoms with van der Waals surface area (Å²) < 4.78 is 53.6. The van der Waals surface area contributed by atoms with Gasteiger partial charge in [-0.05, 0) is 13.8 Å². The third-order valence-corrected chi connectivity index (χ3v) is 3.73. The number of hydrazone groups is 1. The van der Waals surface area contributed by atoms with Crippen LogP contribution in [-0.4, -0.2) is 31.7 Å². The van der Waals surface area contributed by atoms with Crippen molar-refractivity contribution in [2.45, 2.75) is 26.6 Å². The van der Waals surface area contributed by atoms with Crippen LogP contribution in [0.4, 0.5) is 17.6 Å². The van der Waals surface area contributed by atoms with E-state index in [-0.39, 0.29) is 11.3 Å². The van der Waals surface area contributed by atoms with Gasteiger partial charge < -0.3 is 0 Å². The molecule has 1 N–H and O–H groups in total. The molecule has 0 aromatic carbocycles. The number of amides is 1. The predicted molar refractivity (Wildman–Crippen MR) is 80.6 cm³/mol. The molecule has 0 fully saturated rings. The van der Waals surface area contributed by atoms with Gasteiger partial charge in [-0.25, -0.2) is 10.1 Å². The quantitative estimate of drug-likeness (QED) is 0.502. The third-order valence-electron chi connectivity index (χ3n) is 3.27. The second-order valence-electron chi connectivity index (χ2n) is 5.11. The van der Waals surface area contributed by atoms with Gasteiger partial charge in [0.15, 0.2) is 5.69 Å². The Morgan fingerprint density at radius 1 is 1.36 bits per heavy atom. The summed E-state index contributed by atoms with van der Waals surface area (Å²) in [5, 5.41) is 10.1. The van der Waals surface area contributed by atoms with E-state index in [0.717, 1.165) is 15.6 Å². The topological polar surface area (TPSA) is 77.1 Å². The Balaban J connectivity index is 2.07. The van der Waals surface area contributed by atoms with Crippen LogP contribution in [0.1, 0.15) is 22.6 Å². The fourth-order valence-electron chi connectivity index (χ4n) is 1.99. The maximum Gasteiger partial charge on any atom is 0.436 e. The first kappa shape index (κ1) is 18.9. The number of aryl methyl sites for hydroxylation is 2. The summed E-state index contributed by atoms with van der Waals surface area (Å²) in [5.41, 5.74) is 1.25. The number of nitrogens with zero attached hydrogens (tertiary/aromatic N) is 5. The lowest BCUT2D eigenvalue weighted by Crippen LogP contribution is -2.24. The molecular weight excluding hydrogens is 368 g/mol. The van der Waals surface area contributed by atoms with Crippen LogP contribution in [0.15, 0.2) is 5.10 Å². The maximum absolute atomic E-state index is 13.7. The van der Waals surface area contributed by atoms with E-state index in [1.165, 1.54) is 14.0 Å². The van der Waals surface area contributed by atoms with Crippen LogP contribution in [-0.2, 0) is 24.6 Å². The van der Waals surface area contributed by atoms with E-state index >= 15 is 0 Å². The number of hydrogen-bond donors (Lipinski definition) is 1. The first-order chi connectivity index (χ1) is 11.5. The van der Waals surface area contributed by atoms with Gasteiger partial charge in [0.25, 0.3) is 5.91 Å². The van der Waals surface area contributed by atoms with Gasteiger partial charge in [-0.3, -0.25) is 9.48 Å². The summed E-state index contributed by atoms with van der Waals surface area (Å²) in [6.45, 7) is 2.32. The molecular formula is C13H13ClF4N6O. The second kappa shape index (κ2) is 6.82. The molecule has 2 rings (SSSR count). The molecule has 2 heterocycles. The molecule has 0 unspecified atom stereocenters. The van der Waals surface area contributed by atoms with Crippen molar-refractivity contribution < 1.29 is 22.4 Å². The van der Waals surface area contributed by atoms with Crippen LogP contribution in [0, 0.1) is 19.8 Å². The van der Waals surface area contributed by atoms with Crippen molar-refractivity contribution in [3.63, 3.8) is 0 Å². The summed E-state index contributed by atoms with van der Waals surface area (Å²) in [7, 11) is 1.40. The molecule has 7 nitrogen and oxygen atoms in total. The molecule has 0 spiro atoms. The fourth-order valence-corrected chi connectivity index (χ4v) is 2.24. The number of rotatable bonds is 4. The molecule has 2 aromatic heterocycles. The Labute approximate surface area is 144 Å². The molecule has 2 aromatic rings. The number of carbonyl (C=O) groups is 1. The number of aromatic nitrogens is 4. The third kappa shape index (κ3) is 3.98. The smallest absolute Gasteiger partial charge is 0.271 e. The lowest BCUT2D eigenvalue weighted by atomic mass is 10.3.